The van der Waals surface area contributed by atoms with E-state index >= 15 is 0 Å². The van der Waals surface area contributed by atoms with Gasteiger partial charge in [0.15, 0.2) is 18.4 Å². The quantitative estimate of drug-likeness (QED) is 0.174. The normalized spacial score (nSPS) is 42.4. The maximum atomic E-state index is 14.8. The summed E-state index contributed by atoms with van der Waals surface area (Å²) in [6, 6.07) is -0.173. The van der Waals surface area contributed by atoms with Gasteiger partial charge in [-0.25, -0.2) is 4.79 Å². The fourth-order valence-electron chi connectivity index (χ4n) is 10.6. The summed E-state index contributed by atoms with van der Waals surface area (Å²) in [4.78, 5) is 42.5. The van der Waals surface area contributed by atoms with E-state index in [9.17, 15) is 14.4 Å². The lowest BCUT2D eigenvalue weighted by molar-refractivity contribution is -0.314. The fourth-order valence-corrected chi connectivity index (χ4v) is 10.6. The molecule has 3 heterocycles. The van der Waals surface area contributed by atoms with Crippen molar-refractivity contribution < 1.29 is 57.0 Å². The molecule has 0 aromatic carbocycles. The number of rotatable bonds is 11. The molecule has 13 heteroatoms. The Balaban J connectivity index is 1.18. The molecule has 1 amide bonds. The lowest BCUT2D eigenvalue weighted by Crippen LogP contribution is -2.59. The van der Waals surface area contributed by atoms with Crippen molar-refractivity contribution >= 4 is 17.8 Å². The van der Waals surface area contributed by atoms with Crippen LogP contribution in [0, 0.1) is 35.5 Å². The molecule has 0 bridgehead atoms. The molecule has 4 fully saturated rings. The van der Waals surface area contributed by atoms with Crippen molar-refractivity contribution in [3.8, 4) is 0 Å². The van der Waals surface area contributed by atoms with Crippen molar-refractivity contribution in [2.45, 2.75) is 153 Å². The van der Waals surface area contributed by atoms with Crippen molar-refractivity contribution in [1.82, 2.24) is 4.90 Å². The molecule has 13 nitrogen and oxygen atoms in total. The van der Waals surface area contributed by atoms with Gasteiger partial charge in [0.05, 0.1) is 36.9 Å². The second kappa shape index (κ2) is 19.6. The van der Waals surface area contributed by atoms with Crippen LogP contribution in [-0.2, 0) is 52.2 Å². The Labute approximate surface area is 339 Å². The lowest BCUT2D eigenvalue weighted by atomic mass is 9.70. The Morgan fingerprint density at radius 3 is 2.35 bits per heavy atom. The molecule has 3 aliphatic carbocycles. The highest BCUT2D eigenvalue weighted by molar-refractivity contribution is 5.99. The summed E-state index contributed by atoms with van der Waals surface area (Å²) in [6.07, 6.45) is 10.1. The summed E-state index contributed by atoms with van der Waals surface area (Å²) >= 11 is 0. The van der Waals surface area contributed by atoms with Crippen molar-refractivity contribution in [2.24, 2.45) is 35.5 Å². The number of allylic oxidation sites excluding steroid dienone is 4. The van der Waals surface area contributed by atoms with Crippen LogP contribution < -0.4 is 0 Å². The Bertz CT molecular complexity index is 1470. The number of nitrogens with zero attached hydrogens (tertiary/aromatic N) is 1. The van der Waals surface area contributed by atoms with Gasteiger partial charge in [0.2, 0.25) is 0 Å². The van der Waals surface area contributed by atoms with E-state index in [-0.39, 0.29) is 97.0 Å². The molecule has 3 aliphatic heterocycles. The number of ether oxygens (including phenoxy) is 9. The van der Waals surface area contributed by atoms with Crippen molar-refractivity contribution in [3.63, 3.8) is 0 Å². The first-order valence-corrected chi connectivity index (χ1v) is 21.3. The third kappa shape index (κ3) is 9.55. The summed E-state index contributed by atoms with van der Waals surface area (Å²) in [5.74, 6) is -0.395. The molecule has 6 unspecified atom stereocenters. The minimum absolute atomic E-state index is 0.00119. The van der Waals surface area contributed by atoms with Crippen LogP contribution >= 0.6 is 0 Å². The molecule has 6 rings (SSSR count). The second-order valence-electron chi connectivity index (χ2n) is 17.0. The van der Waals surface area contributed by atoms with Gasteiger partial charge >= 0.3 is 12.1 Å². The summed E-state index contributed by atoms with van der Waals surface area (Å²) in [5, 5.41) is 0. The molecule has 1 saturated carbocycles. The van der Waals surface area contributed by atoms with Gasteiger partial charge in [-0.2, -0.15) is 0 Å². The Hall–Kier alpha value is -2.65. The van der Waals surface area contributed by atoms with Gasteiger partial charge in [-0.15, -0.1) is 0 Å². The van der Waals surface area contributed by atoms with Gasteiger partial charge in [0.25, 0.3) is 0 Å². The molecule has 0 spiro atoms. The number of carbonyl (C=O) groups is 3. The summed E-state index contributed by atoms with van der Waals surface area (Å²) < 4.78 is 54.8. The number of esters is 1. The van der Waals surface area contributed by atoms with Crippen molar-refractivity contribution in [2.75, 3.05) is 35.0 Å². The number of carbonyl (C=O) groups excluding carboxylic acids is 3. The standard InChI is InChI=1S/C44H67NO12/c1-10-19-52-44(48)45(6)35-17-18-38(53-25(35)4)57-36-14-12-13-28(11-2)55-37(46)23-33-30-16-15-27-20-29(21-31(27)32(30)22-34(33)39(47)24(36)3)56-43-42(51-9)41(50-8)40(49-7)26(5)54-43/h10,15-16,22,24-33,35-36,38,40-43H,1,11-14,17-21,23H2,2-9H3/t24-,25?,26?,27-,28+,29-,30-,31-,32-,33+,35+,36+,38+,40?,41?,42?,43?/m1/s1. The number of cyclic esters (lactones) is 1. The average Bonchev–Trinajstić information content (AvgIpc) is 3.78. The Morgan fingerprint density at radius 1 is 0.912 bits per heavy atom. The summed E-state index contributed by atoms with van der Waals surface area (Å²) in [7, 11) is 6.66. The Morgan fingerprint density at radius 2 is 1.67 bits per heavy atom. The molecule has 0 aromatic heterocycles. The van der Waals surface area contributed by atoms with Crippen LogP contribution in [-0.4, -0.2) is 125 Å². The predicted molar refractivity (Wildman–Crippen MR) is 210 cm³/mol. The highest BCUT2D eigenvalue weighted by Gasteiger charge is 2.53. The molecule has 320 valence electrons. The zero-order valence-corrected chi connectivity index (χ0v) is 35.2. The molecule has 57 heavy (non-hydrogen) atoms. The monoisotopic (exact) mass is 801 g/mol. The second-order valence-corrected chi connectivity index (χ2v) is 17.0. The molecule has 0 N–H and O–H groups in total. The molecular formula is C44H67NO12. The molecular weight excluding hydrogens is 734 g/mol. The topological polar surface area (TPSA) is 138 Å². The Kier molecular flexibility index (Phi) is 15.1. The third-order valence-electron chi connectivity index (χ3n) is 13.7. The zero-order valence-electron chi connectivity index (χ0n) is 35.2. The van der Waals surface area contributed by atoms with Gasteiger partial charge in [0.1, 0.15) is 31.0 Å². The van der Waals surface area contributed by atoms with E-state index in [0.29, 0.717) is 37.7 Å². The smallest absolute Gasteiger partial charge is 0.410 e. The van der Waals surface area contributed by atoms with E-state index in [2.05, 4.69) is 24.8 Å². The number of likely N-dealkylation sites (N-methyl/N-ethyl adjacent to an activating group) is 1. The van der Waals surface area contributed by atoms with Crippen LogP contribution in [0.5, 0.6) is 0 Å². The SMILES string of the molecule is C=CCOC(=O)N(C)[C@H]1CC[C@H](O[C@H]2CCC[C@H](CC)OC(=O)C[C@@H]3C(=C[C@@H]4[C@H]3C=C[C@@H]3C[C@@H](OC5OC(C)C(OC)C(OC)C5OC)C[C@@H]43)C(=O)[C@@H]2C)OC1C. The fraction of sp³-hybridized carbons (Fsp3) is 0.795. The minimum Gasteiger partial charge on any atom is -0.462 e. The maximum absolute atomic E-state index is 14.8. The number of hydrogen-bond donors (Lipinski definition) is 0. The van der Waals surface area contributed by atoms with Gasteiger partial charge in [-0.1, -0.05) is 44.7 Å². The van der Waals surface area contributed by atoms with E-state index in [4.69, 9.17) is 42.6 Å². The van der Waals surface area contributed by atoms with Crippen LogP contribution in [0.15, 0.2) is 36.5 Å². The van der Waals surface area contributed by atoms with Gasteiger partial charge in [-0.05, 0) is 88.0 Å². The van der Waals surface area contributed by atoms with Crippen LogP contribution in [0.1, 0.15) is 85.5 Å². The van der Waals surface area contributed by atoms with E-state index in [0.717, 1.165) is 19.3 Å². The highest BCUT2D eigenvalue weighted by atomic mass is 16.7. The predicted octanol–water partition coefficient (Wildman–Crippen LogP) is 6.18. The maximum Gasteiger partial charge on any atom is 0.410 e. The van der Waals surface area contributed by atoms with Crippen LogP contribution in [0.2, 0.25) is 0 Å². The van der Waals surface area contributed by atoms with Crippen molar-refractivity contribution in [3.05, 3.63) is 36.5 Å². The number of Topliss-reactive ketones (excluding diaryl/α,β-unsaturated/α-hetero) is 1. The molecule has 0 radical (unpaired) electrons. The highest BCUT2D eigenvalue weighted by Crippen LogP contribution is 2.54. The summed E-state index contributed by atoms with van der Waals surface area (Å²) in [5.41, 5.74) is 0.710. The third-order valence-corrected chi connectivity index (χ3v) is 13.7. The van der Waals surface area contributed by atoms with Gasteiger partial charge in [-0.3, -0.25) is 9.59 Å². The first-order chi connectivity index (χ1) is 27.4. The largest absolute Gasteiger partial charge is 0.462 e. The number of methoxy groups -OCH3 is 3. The minimum atomic E-state index is -0.620. The van der Waals surface area contributed by atoms with E-state index in [1.165, 1.54) is 0 Å². The number of fused-ring (bicyclic) bond motifs is 5. The van der Waals surface area contributed by atoms with Gasteiger partial charge in [0, 0.05) is 46.6 Å². The van der Waals surface area contributed by atoms with Crippen LogP contribution in [0.3, 0.4) is 0 Å². The first kappa shape index (κ1) is 43.9. The van der Waals surface area contributed by atoms with Crippen molar-refractivity contribution in [1.29, 1.82) is 0 Å². The molecule has 6 aliphatic rings. The van der Waals surface area contributed by atoms with E-state index in [1.807, 2.05) is 27.7 Å². The van der Waals surface area contributed by atoms with Crippen LogP contribution in [0.25, 0.3) is 0 Å². The lowest BCUT2D eigenvalue weighted by Gasteiger charge is -2.44. The summed E-state index contributed by atoms with van der Waals surface area (Å²) in [6.45, 7) is 11.7. The molecule has 3 saturated heterocycles. The first-order valence-electron chi connectivity index (χ1n) is 21.3. The molecule has 0 aromatic rings. The number of ketones is 1. The van der Waals surface area contributed by atoms with Gasteiger partial charge < -0.3 is 47.5 Å². The number of amides is 1. The number of hydrogen-bond acceptors (Lipinski definition) is 12. The molecule has 17 atom stereocenters. The zero-order chi connectivity index (χ0) is 41.0. The van der Waals surface area contributed by atoms with Crippen LogP contribution in [0.4, 0.5) is 4.79 Å². The average molecular weight is 802 g/mol. The van der Waals surface area contributed by atoms with E-state index in [1.54, 1.807) is 39.4 Å². The van der Waals surface area contributed by atoms with E-state index < -0.39 is 36.8 Å².